The number of fused-ring (bicyclic) bond motifs is 2. The molecule has 0 bridgehead atoms. The first-order chi connectivity index (χ1) is 21.5. The Morgan fingerprint density at radius 1 is 1.00 bits per heavy atom. The summed E-state index contributed by atoms with van der Waals surface area (Å²) in [6.07, 6.45) is 3.75. The van der Waals surface area contributed by atoms with Crippen LogP contribution in [0.25, 0.3) is 55.7 Å². The van der Waals surface area contributed by atoms with E-state index in [1.807, 2.05) is 88.3 Å². The van der Waals surface area contributed by atoms with Crippen LogP contribution in [0, 0.1) is 11.2 Å². The second-order valence-corrected chi connectivity index (χ2v) is 12.7. The summed E-state index contributed by atoms with van der Waals surface area (Å²) in [6, 6.07) is 18.4. The SMILES string of the molecule is CN(C)CCOc1cc(F)cc(-c2cccc3[nH]c(-c4n[nH]c5ccc(-c6cncc(NC(=O)CC(C)(C)C)c6)nc45)cc23)c1. The van der Waals surface area contributed by atoms with Crippen LogP contribution >= 0.6 is 0 Å². The van der Waals surface area contributed by atoms with Crippen molar-refractivity contribution in [3.05, 3.63) is 78.9 Å². The molecule has 0 unspecified atom stereocenters. The minimum Gasteiger partial charge on any atom is -0.492 e. The fraction of sp³-hybridized carbons (Fsp3) is 0.257. The predicted octanol–water partition coefficient (Wildman–Crippen LogP) is 7.29. The number of amides is 1. The van der Waals surface area contributed by atoms with Gasteiger partial charge >= 0.3 is 0 Å². The second-order valence-electron chi connectivity index (χ2n) is 12.7. The van der Waals surface area contributed by atoms with Crippen LogP contribution in [0.2, 0.25) is 0 Å². The molecule has 2 aromatic carbocycles. The topological polar surface area (TPSA) is 112 Å². The molecule has 0 aliphatic rings. The molecule has 4 heterocycles. The quantitative estimate of drug-likeness (QED) is 0.160. The number of aromatic amines is 2. The van der Waals surface area contributed by atoms with Gasteiger partial charge in [-0.1, -0.05) is 32.9 Å². The Morgan fingerprint density at radius 2 is 1.84 bits per heavy atom. The van der Waals surface area contributed by atoms with Crippen LogP contribution in [0.4, 0.5) is 10.1 Å². The third-order valence-corrected chi connectivity index (χ3v) is 7.33. The van der Waals surface area contributed by atoms with Crippen molar-refractivity contribution < 1.29 is 13.9 Å². The van der Waals surface area contributed by atoms with Gasteiger partial charge in [-0.05, 0) is 73.1 Å². The van der Waals surface area contributed by atoms with Crippen molar-refractivity contribution in [1.82, 2.24) is 30.0 Å². The fourth-order valence-electron chi connectivity index (χ4n) is 5.26. The highest BCUT2D eigenvalue weighted by Gasteiger charge is 2.18. The van der Waals surface area contributed by atoms with E-state index >= 15 is 0 Å². The number of nitrogens with one attached hydrogen (secondary N) is 3. The zero-order valence-corrected chi connectivity index (χ0v) is 26.0. The molecule has 1 amide bonds. The number of halogens is 1. The average molecular weight is 606 g/mol. The number of likely N-dealkylation sites (N-methyl/N-ethyl adjacent to an activating group) is 1. The van der Waals surface area contributed by atoms with E-state index in [4.69, 9.17) is 9.72 Å². The van der Waals surface area contributed by atoms with Gasteiger partial charge in [-0.3, -0.25) is 14.9 Å². The van der Waals surface area contributed by atoms with Gasteiger partial charge in [-0.2, -0.15) is 5.10 Å². The smallest absolute Gasteiger partial charge is 0.224 e. The Bertz CT molecular complexity index is 2010. The van der Waals surface area contributed by atoms with E-state index in [2.05, 4.69) is 25.5 Å². The van der Waals surface area contributed by atoms with E-state index in [-0.39, 0.29) is 17.1 Å². The number of anilines is 1. The third-order valence-electron chi connectivity index (χ3n) is 7.33. The lowest BCUT2D eigenvalue weighted by atomic mass is 9.92. The van der Waals surface area contributed by atoms with Crippen LogP contribution in [0.5, 0.6) is 5.75 Å². The summed E-state index contributed by atoms with van der Waals surface area (Å²) in [5, 5.41) is 11.5. The predicted molar refractivity (Wildman–Crippen MR) is 177 cm³/mol. The van der Waals surface area contributed by atoms with Crippen molar-refractivity contribution in [2.24, 2.45) is 5.41 Å². The summed E-state index contributed by atoms with van der Waals surface area (Å²) in [6.45, 7) is 7.26. The number of carbonyl (C=O) groups is 1. The molecule has 230 valence electrons. The van der Waals surface area contributed by atoms with Crippen LogP contribution in [0.3, 0.4) is 0 Å². The number of hydrogen-bond acceptors (Lipinski definition) is 6. The molecule has 0 aliphatic heterocycles. The molecular weight excluding hydrogens is 569 g/mol. The minimum absolute atomic E-state index is 0.0634. The summed E-state index contributed by atoms with van der Waals surface area (Å²) in [4.78, 5) is 27.3. The number of benzene rings is 2. The molecule has 0 fully saturated rings. The number of nitrogens with zero attached hydrogens (tertiary/aromatic N) is 4. The molecule has 3 N–H and O–H groups in total. The van der Waals surface area contributed by atoms with Gasteiger partial charge in [0.25, 0.3) is 0 Å². The van der Waals surface area contributed by atoms with Crippen LogP contribution < -0.4 is 10.1 Å². The third kappa shape index (κ3) is 6.86. The zero-order valence-electron chi connectivity index (χ0n) is 26.0. The largest absolute Gasteiger partial charge is 0.492 e. The van der Waals surface area contributed by atoms with E-state index in [0.717, 1.165) is 45.3 Å². The molecule has 0 aliphatic carbocycles. The summed E-state index contributed by atoms with van der Waals surface area (Å²) in [5.41, 5.74) is 7.33. The Morgan fingerprint density at radius 3 is 2.64 bits per heavy atom. The van der Waals surface area contributed by atoms with Crippen LogP contribution in [0.1, 0.15) is 27.2 Å². The zero-order chi connectivity index (χ0) is 31.7. The molecular formula is C35H36FN7O2. The van der Waals surface area contributed by atoms with E-state index in [0.29, 0.717) is 41.4 Å². The van der Waals surface area contributed by atoms with Crippen LogP contribution in [0.15, 0.2) is 73.1 Å². The first-order valence-electron chi connectivity index (χ1n) is 14.8. The van der Waals surface area contributed by atoms with Gasteiger partial charge in [0.2, 0.25) is 5.91 Å². The number of H-pyrrole nitrogens is 2. The Kier molecular flexibility index (Phi) is 8.07. The number of aromatic nitrogens is 5. The molecule has 9 nitrogen and oxygen atoms in total. The number of pyridine rings is 2. The standard InChI is InChI=1S/C35H36FN7O2/c1-35(2,3)18-32(44)38-24-14-22(19-37-20-24)28-9-10-30-33(40-28)34(42-41-30)31-17-27-26(7-6-8-29(27)39-31)21-13-23(36)16-25(15-21)45-12-11-43(4)5/h6-10,13-17,19-20,39H,11-12,18H2,1-5H3,(H,38,44)(H,41,42). The normalized spacial score (nSPS) is 11.9. The van der Waals surface area contributed by atoms with Crippen LogP contribution in [-0.4, -0.2) is 63.2 Å². The molecule has 0 saturated heterocycles. The first kappa shape index (κ1) is 30.0. The van der Waals surface area contributed by atoms with Gasteiger partial charge in [-0.25, -0.2) is 9.37 Å². The molecule has 0 atom stereocenters. The molecule has 0 saturated carbocycles. The van der Waals surface area contributed by atoms with Gasteiger partial charge in [0, 0.05) is 41.7 Å². The summed E-state index contributed by atoms with van der Waals surface area (Å²) in [5.74, 6) is 0.0657. The monoisotopic (exact) mass is 605 g/mol. The molecule has 0 spiro atoms. The van der Waals surface area contributed by atoms with E-state index in [1.165, 1.54) is 12.1 Å². The Hall–Kier alpha value is -5.09. The van der Waals surface area contributed by atoms with Crippen molar-refractivity contribution in [2.45, 2.75) is 27.2 Å². The maximum Gasteiger partial charge on any atom is 0.224 e. The van der Waals surface area contributed by atoms with Crippen molar-refractivity contribution in [3.63, 3.8) is 0 Å². The Balaban J connectivity index is 1.33. The molecule has 6 rings (SSSR count). The summed E-state index contributed by atoms with van der Waals surface area (Å²) < 4.78 is 20.5. The van der Waals surface area contributed by atoms with Crippen molar-refractivity contribution >= 4 is 33.5 Å². The highest BCUT2D eigenvalue weighted by molar-refractivity contribution is 6.00. The van der Waals surface area contributed by atoms with Gasteiger partial charge < -0.3 is 19.9 Å². The number of carbonyl (C=O) groups excluding carboxylic acids is 1. The molecule has 6 aromatic rings. The number of hydrogen-bond donors (Lipinski definition) is 3. The number of ether oxygens (including phenoxy) is 1. The lowest BCUT2D eigenvalue weighted by Gasteiger charge is -2.17. The summed E-state index contributed by atoms with van der Waals surface area (Å²) in [7, 11) is 3.93. The fourth-order valence-corrected chi connectivity index (χ4v) is 5.26. The molecule has 10 heteroatoms. The maximum absolute atomic E-state index is 14.7. The van der Waals surface area contributed by atoms with Gasteiger partial charge in [-0.15, -0.1) is 0 Å². The van der Waals surface area contributed by atoms with E-state index in [1.54, 1.807) is 12.4 Å². The van der Waals surface area contributed by atoms with Crippen molar-refractivity contribution in [2.75, 3.05) is 32.6 Å². The second kappa shape index (κ2) is 12.1. The van der Waals surface area contributed by atoms with Crippen molar-refractivity contribution in [1.29, 1.82) is 0 Å². The number of rotatable bonds is 9. The van der Waals surface area contributed by atoms with Crippen LogP contribution in [-0.2, 0) is 4.79 Å². The van der Waals surface area contributed by atoms with E-state index in [9.17, 15) is 9.18 Å². The minimum atomic E-state index is -0.359. The summed E-state index contributed by atoms with van der Waals surface area (Å²) >= 11 is 0. The first-order valence-corrected chi connectivity index (χ1v) is 14.8. The van der Waals surface area contributed by atoms with E-state index < -0.39 is 0 Å². The van der Waals surface area contributed by atoms with Gasteiger partial charge in [0.05, 0.1) is 28.8 Å². The molecule has 0 radical (unpaired) electrons. The average Bonchev–Trinajstić information content (AvgIpc) is 3.59. The Labute approximate surface area is 260 Å². The maximum atomic E-state index is 14.7. The molecule has 4 aromatic heterocycles. The lowest BCUT2D eigenvalue weighted by molar-refractivity contribution is -0.117. The lowest BCUT2D eigenvalue weighted by Crippen LogP contribution is -2.19. The van der Waals surface area contributed by atoms with Gasteiger partial charge in [0.1, 0.15) is 29.4 Å². The van der Waals surface area contributed by atoms with Gasteiger partial charge in [0.15, 0.2) is 0 Å². The molecule has 45 heavy (non-hydrogen) atoms. The highest BCUT2D eigenvalue weighted by atomic mass is 19.1. The van der Waals surface area contributed by atoms with Crippen molar-refractivity contribution in [3.8, 4) is 39.5 Å². The highest BCUT2D eigenvalue weighted by Crippen LogP contribution is 2.36.